The summed E-state index contributed by atoms with van der Waals surface area (Å²) in [6.45, 7) is 3.12. The molecular formula is C16H20ClN3O3S2. The van der Waals surface area contributed by atoms with Gasteiger partial charge < -0.3 is 10.2 Å². The lowest BCUT2D eigenvalue weighted by Crippen LogP contribution is -2.46. The molecule has 0 aliphatic carbocycles. The van der Waals surface area contributed by atoms with E-state index in [4.69, 9.17) is 0 Å². The number of nitrogens with one attached hydrogen (secondary N) is 2. The molecule has 2 heterocycles. The summed E-state index contributed by atoms with van der Waals surface area (Å²) >= 11 is 1.17. The molecule has 1 aromatic heterocycles. The van der Waals surface area contributed by atoms with Crippen molar-refractivity contribution in [2.75, 3.05) is 30.9 Å². The maximum Gasteiger partial charge on any atom is 0.271 e. The average Bonchev–Trinajstić information content (AvgIpc) is 3.13. The van der Waals surface area contributed by atoms with Gasteiger partial charge in [-0.25, -0.2) is 8.42 Å². The van der Waals surface area contributed by atoms with Crippen LogP contribution in [0.25, 0.3) is 0 Å². The highest BCUT2D eigenvalue weighted by atomic mass is 35.5. The summed E-state index contributed by atoms with van der Waals surface area (Å²) in [4.78, 5) is 14.1. The summed E-state index contributed by atoms with van der Waals surface area (Å²) in [5.74, 6) is 0.100. The standard InChI is InChI=1S/C16H19N3O3S2.ClH/c20-15(19-9-7-17-8-10-19)12-13-3-5-14(6-4-13)18-24(21,22)16-2-1-11-23-16;/h1-6,11,17-18H,7-10,12H2;1H. The van der Waals surface area contributed by atoms with Crippen LogP contribution in [0.5, 0.6) is 0 Å². The molecule has 0 spiro atoms. The van der Waals surface area contributed by atoms with Gasteiger partial charge in [0.05, 0.1) is 6.42 Å². The summed E-state index contributed by atoms with van der Waals surface area (Å²) in [5.41, 5.74) is 1.36. The first kappa shape index (κ1) is 19.7. The molecule has 1 amide bonds. The lowest BCUT2D eigenvalue weighted by molar-refractivity contribution is -0.131. The molecule has 3 rings (SSSR count). The number of sulfonamides is 1. The van der Waals surface area contributed by atoms with E-state index in [0.29, 0.717) is 12.1 Å². The second kappa shape index (κ2) is 8.66. The summed E-state index contributed by atoms with van der Waals surface area (Å²) in [6.07, 6.45) is 0.331. The Hall–Kier alpha value is -1.61. The first-order valence-corrected chi connectivity index (χ1v) is 10.0. The molecular weight excluding hydrogens is 382 g/mol. The van der Waals surface area contributed by atoms with Crippen molar-refractivity contribution in [3.8, 4) is 0 Å². The largest absolute Gasteiger partial charge is 0.340 e. The molecule has 136 valence electrons. The SMILES string of the molecule is Cl.O=C(Cc1ccc(NS(=O)(=O)c2cccs2)cc1)N1CCNCC1. The normalized spacial score (nSPS) is 14.6. The quantitative estimate of drug-likeness (QED) is 0.802. The Morgan fingerprint density at radius 3 is 2.44 bits per heavy atom. The molecule has 25 heavy (non-hydrogen) atoms. The van der Waals surface area contributed by atoms with Gasteiger partial charge in [-0.1, -0.05) is 18.2 Å². The first-order chi connectivity index (χ1) is 11.5. The number of hydrogen-bond acceptors (Lipinski definition) is 5. The van der Waals surface area contributed by atoms with E-state index in [0.717, 1.165) is 31.7 Å². The Labute approximate surface area is 157 Å². The summed E-state index contributed by atoms with van der Waals surface area (Å²) in [6, 6.07) is 10.2. The van der Waals surface area contributed by atoms with Gasteiger partial charge in [0.1, 0.15) is 4.21 Å². The first-order valence-electron chi connectivity index (χ1n) is 7.68. The van der Waals surface area contributed by atoms with Crippen molar-refractivity contribution in [2.45, 2.75) is 10.6 Å². The second-order valence-electron chi connectivity index (χ2n) is 5.54. The Balaban J connectivity index is 0.00000225. The van der Waals surface area contributed by atoms with Gasteiger partial charge in [0, 0.05) is 31.9 Å². The number of anilines is 1. The lowest BCUT2D eigenvalue weighted by Gasteiger charge is -2.27. The third-order valence-electron chi connectivity index (χ3n) is 3.79. The Morgan fingerprint density at radius 1 is 1.16 bits per heavy atom. The van der Waals surface area contributed by atoms with Gasteiger partial charge >= 0.3 is 0 Å². The Kier molecular flexibility index (Phi) is 6.83. The van der Waals surface area contributed by atoms with Gasteiger partial charge in [-0.2, -0.15) is 0 Å². The number of rotatable bonds is 5. The van der Waals surface area contributed by atoms with Gasteiger partial charge in [-0.05, 0) is 29.1 Å². The number of nitrogens with zero attached hydrogens (tertiary/aromatic N) is 1. The van der Waals surface area contributed by atoms with Crippen LogP contribution in [-0.2, 0) is 21.2 Å². The van der Waals surface area contributed by atoms with Crippen molar-refractivity contribution in [2.24, 2.45) is 0 Å². The lowest BCUT2D eigenvalue weighted by atomic mass is 10.1. The number of piperazine rings is 1. The fourth-order valence-electron chi connectivity index (χ4n) is 2.51. The van der Waals surface area contributed by atoms with Crippen LogP contribution in [-0.4, -0.2) is 45.4 Å². The molecule has 2 N–H and O–H groups in total. The summed E-state index contributed by atoms with van der Waals surface area (Å²) in [5, 5.41) is 4.94. The molecule has 0 bridgehead atoms. The van der Waals surface area contributed by atoms with Gasteiger partial charge in [-0.3, -0.25) is 9.52 Å². The zero-order valence-corrected chi connectivity index (χ0v) is 15.9. The fraction of sp³-hybridized carbons (Fsp3) is 0.312. The van der Waals surface area contributed by atoms with Crippen LogP contribution in [0.4, 0.5) is 5.69 Å². The van der Waals surface area contributed by atoms with Gasteiger partial charge in [-0.15, -0.1) is 23.7 Å². The molecule has 0 radical (unpaired) electrons. The highest BCUT2D eigenvalue weighted by molar-refractivity contribution is 7.94. The molecule has 2 aromatic rings. The molecule has 1 aliphatic heterocycles. The number of benzene rings is 1. The highest BCUT2D eigenvalue weighted by Crippen LogP contribution is 2.20. The van der Waals surface area contributed by atoms with Crippen LogP contribution in [0.3, 0.4) is 0 Å². The van der Waals surface area contributed by atoms with E-state index in [-0.39, 0.29) is 22.5 Å². The molecule has 0 saturated carbocycles. The molecule has 0 atom stereocenters. The molecule has 9 heteroatoms. The molecule has 1 fully saturated rings. The van der Waals surface area contributed by atoms with Crippen molar-refractivity contribution in [1.82, 2.24) is 10.2 Å². The highest BCUT2D eigenvalue weighted by Gasteiger charge is 2.17. The Morgan fingerprint density at radius 2 is 1.84 bits per heavy atom. The molecule has 1 saturated heterocycles. The number of hydrogen-bond donors (Lipinski definition) is 2. The number of carbonyl (C=O) groups excluding carboxylic acids is 1. The van der Waals surface area contributed by atoms with E-state index in [9.17, 15) is 13.2 Å². The smallest absolute Gasteiger partial charge is 0.271 e. The van der Waals surface area contributed by atoms with Gasteiger partial charge in [0.15, 0.2) is 0 Å². The van der Waals surface area contributed by atoms with Crippen LogP contribution in [0.15, 0.2) is 46.0 Å². The zero-order chi connectivity index (χ0) is 17.0. The van der Waals surface area contributed by atoms with E-state index in [1.165, 1.54) is 11.3 Å². The van der Waals surface area contributed by atoms with Crippen molar-refractivity contribution < 1.29 is 13.2 Å². The third kappa shape index (κ3) is 5.18. The predicted octanol–water partition coefficient (Wildman–Crippen LogP) is 1.94. The van der Waals surface area contributed by atoms with Crippen LogP contribution < -0.4 is 10.0 Å². The number of amides is 1. The van der Waals surface area contributed by atoms with Crippen molar-refractivity contribution in [1.29, 1.82) is 0 Å². The van der Waals surface area contributed by atoms with E-state index < -0.39 is 10.0 Å². The van der Waals surface area contributed by atoms with Crippen LogP contribution >= 0.6 is 23.7 Å². The summed E-state index contributed by atoms with van der Waals surface area (Å²) in [7, 11) is -3.54. The molecule has 6 nitrogen and oxygen atoms in total. The fourth-order valence-corrected chi connectivity index (χ4v) is 4.56. The topological polar surface area (TPSA) is 78.5 Å². The van der Waals surface area contributed by atoms with Crippen LogP contribution in [0.1, 0.15) is 5.56 Å². The maximum atomic E-state index is 12.2. The van der Waals surface area contributed by atoms with E-state index in [2.05, 4.69) is 10.0 Å². The average molecular weight is 402 g/mol. The molecule has 1 aromatic carbocycles. The summed E-state index contributed by atoms with van der Waals surface area (Å²) < 4.78 is 27.2. The van der Waals surface area contributed by atoms with Crippen LogP contribution in [0.2, 0.25) is 0 Å². The van der Waals surface area contributed by atoms with Gasteiger partial charge in [0.2, 0.25) is 5.91 Å². The monoisotopic (exact) mass is 401 g/mol. The van der Waals surface area contributed by atoms with E-state index in [1.54, 1.807) is 41.8 Å². The van der Waals surface area contributed by atoms with Crippen molar-refractivity contribution in [3.63, 3.8) is 0 Å². The van der Waals surface area contributed by atoms with Gasteiger partial charge in [0.25, 0.3) is 10.0 Å². The predicted molar refractivity (Wildman–Crippen MR) is 102 cm³/mol. The third-order valence-corrected chi connectivity index (χ3v) is 6.57. The second-order valence-corrected chi connectivity index (χ2v) is 8.40. The molecule has 1 aliphatic rings. The number of thiophene rings is 1. The van der Waals surface area contributed by atoms with E-state index in [1.807, 2.05) is 4.90 Å². The van der Waals surface area contributed by atoms with Crippen molar-refractivity contribution in [3.05, 3.63) is 47.3 Å². The number of carbonyl (C=O) groups is 1. The Bertz CT molecular complexity index is 787. The minimum atomic E-state index is -3.54. The number of halogens is 1. The van der Waals surface area contributed by atoms with E-state index >= 15 is 0 Å². The zero-order valence-electron chi connectivity index (χ0n) is 13.5. The van der Waals surface area contributed by atoms with Crippen LogP contribution in [0, 0.1) is 0 Å². The minimum absolute atomic E-state index is 0. The minimum Gasteiger partial charge on any atom is -0.340 e. The maximum absolute atomic E-state index is 12.2. The molecule has 0 unspecified atom stereocenters. The van der Waals surface area contributed by atoms with Crippen molar-refractivity contribution >= 4 is 45.4 Å².